The van der Waals surface area contributed by atoms with Crippen LogP contribution in [0.15, 0.2) is 47.0 Å². The topological polar surface area (TPSA) is 68.5 Å². The minimum atomic E-state index is -0.369. The summed E-state index contributed by atoms with van der Waals surface area (Å²) in [6, 6.07) is 11.9. The van der Waals surface area contributed by atoms with E-state index in [1.54, 1.807) is 11.0 Å². The van der Waals surface area contributed by atoms with Crippen LogP contribution in [0, 0.1) is 12.7 Å². The van der Waals surface area contributed by atoms with Gasteiger partial charge in [0.1, 0.15) is 11.6 Å². The molecule has 4 rings (SSSR count). The lowest BCUT2D eigenvalue weighted by Crippen LogP contribution is -2.25. The molecule has 28 heavy (non-hydrogen) atoms. The highest BCUT2D eigenvalue weighted by atomic mass is 19.1. The van der Waals surface area contributed by atoms with Crippen molar-refractivity contribution in [2.45, 2.75) is 26.2 Å². The molecule has 0 bridgehead atoms. The molecule has 2 aromatic carbocycles. The number of anilines is 1. The first-order chi connectivity index (χ1) is 13.6. The Hall–Kier alpha value is -3.22. The third-order valence-electron chi connectivity index (χ3n) is 4.81. The van der Waals surface area contributed by atoms with Crippen molar-refractivity contribution in [3.8, 4) is 17.2 Å². The highest BCUT2D eigenvalue weighted by molar-refractivity contribution is 5.97. The summed E-state index contributed by atoms with van der Waals surface area (Å²) < 4.78 is 24.7. The maximum absolute atomic E-state index is 13.6. The molecule has 2 heterocycles. The minimum Gasteiger partial charge on any atom is -0.493 e. The van der Waals surface area contributed by atoms with Crippen molar-refractivity contribution in [2.75, 3.05) is 18.1 Å². The fourth-order valence-corrected chi connectivity index (χ4v) is 3.42. The molecule has 0 spiro atoms. The normalized spacial score (nSPS) is 16.6. The minimum absolute atomic E-state index is 0.0835. The molecule has 1 aromatic heterocycles. The zero-order valence-electron chi connectivity index (χ0n) is 15.7. The van der Waals surface area contributed by atoms with Crippen LogP contribution in [0.3, 0.4) is 0 Å². The summed E-state index contributed by atoms with van der Waals surface area (Å²) in [7, 11) is 0. The van der Waals surface area contributed by atoms with Gasteiger partial charge in [-0.05, 0) is 43.7 Å². The second-order valence-electron chi connectivity index (χ2n) is 6.72. The van der Waals surface area contributed by atoms with Gasteiger partial charge in [0.05, 0.1) is 12.2 Å². The third-order valence-corrected chi connectivity index (χ3v) is 4.81. The fourth-order valence-electron chi connectivity index (χ4n) is 3.42. The molecular formula is C21H20FN3O3. The Kier molecular flexibility index (Phi) is 4.81. The van der Waals surface area contributed by atoms with Gasteiger partial charge in [-0.1, -0.05) is 23.4 Å². The molecule has 0 radical (unpaired) electrons. The number of aromatic nitrogens is 2. The van der Waals surface area contributed by atoms with Crippen LogP contribution in [0.25, 0.3) is 11.5 Å². The molecule has 1 amide bonds. The van der Waals surface area contributed by atoms with Gasteiger partial charge >= 0.3 is 0 Å². The monoisotopic (exact) mass is 381 g/mol. The summed E-state index contributed by atoms with van der Waals surface area (Å²) in [4.78, 5) is 18.6. The van der Waals surface area contributed by atoms with E-state index < -0.39 is 0 Å². The summed E-state index contributed by atoms with van der Waals surface area (Å²) in [5.74, 6) is 0.815. The Balaban J connectivity index is 1.59. The van der Waals surface area contributed by atoms with Gasteiger partial charge in [-0.25, -0.2) is 4.39 Å². The lowest BCUT2D eigenvalue weighted by molar-refractivity contribution is -0.117. The molecule has 144 valence electrons. The second kappa shape index (κ2) is 7.42. The van der Waals surface area contributed by atoms with Crippen LogP contribution in [0.5, 0.6) is 5.75 Å². The fraction of sp³-hybridized carbons (Fsp3) is 0.286. The van der Waals surface area contributed by atoms with Crippen LogP contribution in [-0.2, 0) is 4.79 Å². The molecule has 1 saturated heterocycles. The first kappa shape index (κ1) is 18.2. The molecule has 1 aliphatic heterocycles. The van der Waals surface area contributed by atoms with E-state index in [1.807, 2.05) is 38.1 Å². The first-order valence-electron chi connectivity index (χ1n) is 9.19. The Morgan fingerprint density at radius 3 is 2.93 bits per heavy atom. The smallest absolute Gasteiger partial charge is 0.261 e. The predicted octanol–water partition coefficient (Wildman–Crippen LogP) is 4.10. The van der Waals surface area contributed by atoms with E-state index in [0.29, 0.717) is 41.9 Å². The van der Waals surface area contributed by atoms with Gasteiger partial charge in [0.15, 0.2) is 5.82 Å². The van der Waals surface area contributed by atoms with E-state index in [2.05, 4.69) is 10.1 Å². The van der Waals surface area contributed by atoms with Gasteiger partial charge in [0.2, 0.25) is 5.91 Å². The number of carbonyl (C=O) groups excluding carboxylic acids is 1. The SMILES string of the molecule is CCOc1ccccc1-c1nc(C2CC(=O)N(c3cc(F)ccc3C)C2)no1. The van der Waals surface area contributed by atoms with Crippen molar-refractivity contribution < 1.29 is 18.4 Å². The Labute approximate surface area is 161 Å². The maximum Gasteiger partial charge on any atom is 0.261 e. The van der Waals surface area contributed by atoms with Crippen LogP contribution in [0.4, 0.5) is 10.1 Å². The summed E-state index contributed by atoms with van der Waals surface area (Å²) in [5, 5.41) is 4.08. The highest BCUT2D eigenvalue weighted by Gasteiger charge is 2.35. The largest absolute Gasteiger partial charge is 0.493 e. The number of aryl methyl sites for hydroxylation is 1. The number of ether oxygens (including phenoxy) is 1. The number of amides is 1. The Bertz CT molecular complexity index is 1020. The molecule has 0 N–H and O–H groups in total. The molecular weight excluding hydrogens is 361 g/mol. The van der Waals surface area contributed by atoms with E-state index in [9.17, 15) is 9.18 Å². The van der Waals surface area contributed by atoms with Crippen LogP contribution >= 0.6 is 0 Å². The van der Waals surface area contributed by atoms with E-state index >= 15 is 0 Å². The molecule has 7 heteroatoms. The van der Waals surface area contributed by atoms with Crippen LogP contribution in [-0.4, -0.2) is 29.2 Å². The number of nitrogens with zero attached hydrogens (tertiary/aromatic N) is 3. The molecule has 6 nitrogen and oxygen atoms in total. The Morgan fingerprint density at radius 2 is 2.11 bits per heavy atom. The summed E-state index contributed by atoms with van der Waals surface area (Å²) in [6.07, 6.45) is 0.252. The van der Waals surface area contributed by atoms with Gasteiger partial charge in [-0.3, -0.25) is 4.79 Å². The van der Waals surface area contributed by atoms with Gasteiger partial charge in [0.25, 0.3) is 5.89 Å². The molecule has 1 atom stereocenters. The lowest BCUT2D eigenvalue weighted by Gasteiger charge is -2.18. The highest BCUT2D eigenvalue weighted by Crippen LogP contribution is 2.34. The summed E-state index contributed by atoms with van der Waals surface area (Å²) in [5.41, 5.74) is 2.14. The van der Waals surface area contributed by atoms with Crippen LogP contribution in [0.1, 0.15) is 30.7 Å². The predicted molar refractivity (Wildman–Crippen MR) is 102 cm³/mol. The number of halogens is 1. The van der Waals surface area contributed by atoms with Gasteiger partial charge in [-0.15, -0.1) is 0 Å². The maximum atomic E-state index is 13.6. The third kappa shape index (κ3) is 3.35. The molecule has 1 aliphatic rings. The van der Waals surface area contributed by atoms with Crippen molar-refractivity contribution in [1.82, 2.24) is 10.1 Å². The summed E-state index contributed by atoms with van der Waals surface area (Å²) >= 11 is 0. The molecule has 3 aromatic rings. The standard InChI is InChI=1S/C21H20FN3O3/c1-3-27-18-7-5-4-6-16(18)21-23-20(24-28-21)14-10-19(26)25(12-14)17-11-15(22)9-8-13(17)2/h4-9,11,14H,3,10,12H2,1-2H3. The van der Waals surface area contributed by atoms with Crippen molar-refractivity contribution in [3.05, 3.63) is 59.7 Å². The van der Waals surface area contributed by atoms with Crippen LogP contribution < -0.4 is 9.64 Å². The average Bonchev–Trinajstić information content (AvgIpc) is 3.31. The number of para-hydroxylation sites is 1. The van der Waals surface area contributed by atoms with Crippen LogP contribution in [0.2, 0.25) is 0 Å². The van der Waals surface area contributed by atoms with Crippen molar-refractivity contribution >= 4 is 11.6 Å². The number of carbonyl (C=O) groups is 1. The van der Waals surface area contributed by atoms with E-state index in [0.717, 1.165) is 5.56 Å². The quantitative estimate of drug-likeness (QED) is 0.665. The van der Waals surface area contributed by atoms with Gasteiger partial charge in [-0.2, -0.15) is 4.98 Å². The van der Waals surface area contributed by atoms with E-state index in [-0.39, 0.29) is 24.1 Å². The van der Waals surface area contributed by atoms with E-state index in [4.69, 9.17) is 9.26 Å². The number of benzene rings is 2. The Morgan fingerprint density at radius 1 is 1.29 bits per heavy atom. The number of hydrogen-bond donors (Lipinski definition) is 0. The first-order valence-corrected chi connectivity index (χ1v) is 9.19. The summed E-state index contributed by atoms with van der Waals surface area (Å²) in [6.45, 7) is 4.67. The van der Waals surface area contributed by atoms with Gasteiger partial charge in [0, 0.05) is 24.6 Å². The number of rotatable bonds is 5. The lowest BCUT2D eigenvalue weighted by atomic mass is 10.1. The van der Waals surface area contributed by atoms with Crippen molar-refractivity contribution in [1.29, 1.82) is 0 Å². The zero-order valence-corrected chi connectivity index (χ0v) is 15.7. The number of hydrogen-bond acceptors (Lipinski definition) is 5. The van der Waals surface area contributed by atoms with Crippen molar-refractivity contribution in [2.24, 2.45) is 0 Å². The second-order valence-corrected chi connectivity index (χ2v) is 6.72. The average molecular weight is 381 g/mol. The van der Waals surface area contributed by atoms with Gasteiger partial charge < -0.3 is 14.2 Å². The van der Waals surface area contributed by atoms with Crippen molar-refractivity contribution in [3.63, 3.8) is 0 Å². The molecule has 1 unspecified atom stereocenters. The molecule has 0 aliphatic carbocycles. The molecule has 1 fully saturated rings. The molecule has 0 saturated carbocycles. The zero-order chi connectivity index (χ0) is 19.7. The van der Waals surface area contributed by atoms with E-state index in [1.165, 1.54) is 12.1 Å².